The van der Waals surface area contributed by atoms with Crippen molar-refractivity contribution in [2.24, 2.45) is 0 Å². The molecule has 0 spiro atoms. The molecule has 0 aliphatic carbocycles. The molecule has 5 rings (SSSR count). The van der Waals surface area contributed by atoms with Crippen molar-refractivity contribution in [1.82, 2.24) is 29.9 Å². The first-order chi connectivity index (χ1) is 17.8. The largest absolute Gasteiger partial charge is 0.373 e. The van der Waals surface area contributed by atoms with Gasteiger partial charge in [-0.25, -0.2) is 15.0 Å². The molecule has 190 valence electrons. The molecule has 4 aromatic rings. The maximum Gasteiger partial charge on any atom is 0.262 e. The molecule has 3 aromatic heterocycles. The molecule has 1 saturated heterocycles. The highest BCUT2D eigenvalue weighted by Gasteiger charge is 2.48. The summed E-state index contributed by atoms with van der Waals surface area (Å²) in [5, 5.41) is 18.4. The van der Waals surface area contributed by atoms with Crippen LogP contribution in [0.5, 0.6) is 0 Å². The Morgan fingerprint density at radius 3 is 2.49 bits per heavy atom. The molecular formula is C27H29N7O3. The quantitative estimate of drug-likeness (QED) is 0.377. The number of carbonyl (C=O) groups is 1. The van der Waals surface area contributed by atoms with Crippen LogP contribution < -0.4 is 5.32 Å². The molecular weight excluding hydrogens is 470 g/mol. The van der Waals surface area contributed by atoms with Crippen LogP contribution in [0.15, 0.2) is 71.4 Å². The molecule has 1 aliphatic heterocycles. The Hall–Kier alpha value is -4.15. The van der Waals surface area contributed by atoms with E-state index in [1.54, 1.807) is 31.4 Å². The molecule has 1 amide bonds. The van der Waals surface area contributed by atoms with Gasteiger partial charge in [0.15, 0.2) is 5.76 Å². The van der Waals surface area contributed by atoms with Gasteiger partial charge in [0.25, 0.3) is 5.91 Å². The Kier molecular flexibility index (Phi) is 6.68. The highest BCUT2D eigenvalue weighted by Crippen LogP contribution is 2.34. The summed E-state index contributed by atoms with van der Waals surface area (Å²) in [7, 11) is 5.70. The van der Waals surface area contributed by atoms with Gasteiger partial charge in [0.1, 0.15) is 5.69 Å². The lowest BCUT2D eigenvalue weighted by Gasteiger charge is -2.23. The van der Waals surface area contributed by atoms with E-state index in [4.69, 9.17) is 14.5 Å². The number of pyridine rings is 1. The maximum absolute atomic E-state index is 12.4. The predicted octanol–water partition coefficient (Wildman–Crippen LogP) is 2.96. The number of anilines is 1. The second-order valence-electron chi connectivity index (χ2n) is 9.46. The molecule has 10 nitrogen and oxygen atoms in total. The van der Waals surface area contributed by atoms with Crippen LogP contribution in [0.3, 0.4) is 0 Å². The first-order valence-electron chi connectivity index (χ1n) is 12.1. The number of amides is 1. The summed E-state index contributed by atoms with van der Waals surface area (Å²) in [6.07, 6.45) is 1.95. The third-order valence-corrected chi connectivity index (χ3v) is 6.41. The molecule has 1 aromatic carbocycles. The highest BCUT2D eigenvalue weighted by molar-refractivity contribution is 5.87. The van der Waals surface area contributed by atoms with Gasteiger partial charge in [-0.3, -0.25) is 4.79 Å². The van der Waals surface area contributed by atoms with Crippen LogP contribution in [0, 0.1) is 0 Å². The first-order valence-corrected chi connectivity index (χ1v) is 12.1. The Balaban J connectivity index is 1.39. The Morgan fingerprint density at radius 2 is 1.78 bits per heavy atom. The average molecular weight is 500 g/mol. The lowest BCUT2D eigenvalue weighted by atomic mass is 9.98. The van der Waals surface area contributed by atoms with Gasteiger partial charge in [-0.1, -0.05) is 41.6 Å². The van der Waals surface area contributed by atoms with E-state index < -0.39 is 11.5 Å². The number of hydrogen-bond donors (Lipinski definition) is 2. The summed E-state index contributed by atoms with van der Waals surface area (Å²) in [5.74, 6) is 0.210. The summed E-state index contributed by atoms with van der Waals surface area (Å²) in [6, 6.07) is 19.1. The fraction of sp³-hybridized carbons (Fsp3) is 0.296. The number of hydrogen-bond acceptors (Lipinski definition) is 9. The van der Waals surface area contributed by atoms with Crippen molar-refractivity contribution in [3.05, 3.63) is 78.2 Å². The summed E-state index contributed by atoms with van der Waals surface area (Å²) < 4.78 is 5.38. The highest BCUT2D eigenvalue weighted by atomic mass is 16.5. The molecule has 1 aliphatic rings. The second-order valence-corrected chi connectivity index (χ2v) is 9.46. The smallest absolute Gasteiger partial charge is 0.262 e. The molecule has 2 atom stereocenters. The molecule has 1 fully saturated rings. The minimum Gasteiger partial charge on any atom is -0.373 e. The zero-order valence-electron chi connectivity index (χ0n) is 21.0. The number of likely N-dealkylation sites (tertiary alicyclic amines) is 1. The number of likely N-dealkylation sites (N-methyl/N-ethyl adjacent to an activating group) is 2. The lowest BCUT2D eigenvalue weighted by Crippen LogP contribution is -2.35. The van der Waals surface area contributed by atoms with Crippen LogP contribution in [0.1, 0.15) is 23.8 Å². The molecule has 0 saturated carbocycles. The number of benzene rings is 1. The molecule has 0 unspecified atom stereocenters. The molecule has 0 bridgehead atoms. The van der Waals surface area contributed by atoms with Gasteiger partial charge < -0.3 is 24.7 Å². The van der Waals surface area contributed by atoms with Gasteiger partial charge >= 0.3 is 0 Å². The van der Waals surface area contributed by atoms with Crippen molar-refractivity contribution >= 4 is 11.9 Å². The molecule has 2 N–H and O–H groups in total. The molecule has 4 heterocycles. The van der Waals surface area contributed by atoms with Gasteiger partial charge in [0.05, 0.1) is 23.1 Å². The van der Waals surface area contributed by atoms with Gasteiger partial charge in [0.2, 0.25) is 11.5 Å². The van der Waals surface area contributed by atoms with E-state index in [2.05, 4.69) is 32.5 Å². The van der Waals surface area contributed by atoms with Gasteiger partial charge in [0, 0.05) is 38.8 Å². The van der Waals surface area contributed by atoms with Crippen LogP contribution >= 0.6 is 0 Å². The first kappa shape index (κ1) is 24.5. The van der Waals surface area contributed by atoms with Crippen molar-refractivity contribution in [3.8, 4) is 22.8 Å². The number of aliphatic hydroxyl groups is 1. The van der Waals surface area contributed by atoms with Crippen LogP contribution in [-0.2, 0) is 10.4 Å². The van der Waals surface area contributed by atoms with Crippen LogP contribution in [0.4, 0.5) is 5.95 Å². The van der Waals surface area contributed by atoms with Crippen molar-refractivity contribution in [2.75, 3.05) is 39.5 Å². The van der Waals surface area contributed by atoms with Crippen molar-refractivity contribution in [2.45, 2.75) is 18.1 Å². The average Bonchev–Trinajstić information content (AvgIpc) is 3.51. The van der Waals surface area contributed by atoms with Gasteiger partial charge in [-0.05, 0) is 37.9 Å². The molecule has 10 heteroatoms. The third kappa shape index (κ3) is 5.07. The van der Waals surface area contributed by atoms with Crippen LogP contribution in [0.2, 0.25) is 0 Å². The number of carbonyl (C=O) groups excluding carboxylic acids is 1. The Bertz CT molecular complexity index is 1390. The van der Waals surface area contributed by atoms with Crippen molar-refractivity contribution < 1.29 is 14.4 Å². The summed E-state index contributed by atoms with van der Waals surface area (Å²) in [5.41, 5.74) is 1.68. The lowest BCUT2D eigenvalue weighted by molar-refractivity contribution is -0.144. The van der Waals surface area contributed by atoms with Crippen LogP contribution in [-0.4, -0.2) is 75.2 Å². The SMILES string of the molecule is CN(C)C[C@H](Nc1nccc(-c2cccc(-c3cc([C@]4(O)CCN(C)C4=O)on3)n2)n1)c1ccccc1. The van der Waals surface area contributed by atoms with E-state index in [1.807, 2.05) is 44.4 Å². The normalized spacial score (nSPS) is 18.4. The topological polar surface area (TPSA) is 121 Å². The minimum atomic E-state index is -1.70. The minimum absolute atomic E-state index is 0.00226. The zero-order valence-corrected chi connectivity index (χ0v) is 21.0. The monoisotopic (exact) mass is 499 g/mol. The van der Waals surface area contributed by atoms with Crippen LogP contribution in [0.25, 0.3) is 22.8 Å². The Morgan fingerprint density at radius 1 is 1.05 bits per heavy atom. The fourth-order valence-electron chi connectivity index (χ4n) is 4.40. The van der Waals surface area contributed by atoms with E-state index in [0.717, 1.165) is 12.1 Å². The Labute approximate surface area is 215 Å². The van der Waals surface area contributed by atoms with E-state index in [9.17, 15) is 9.90 Å². The number of rotatable bonds is 8. The molecule has 37 heavy (non-hydrogen) atoms. The van der Waals surface area contributed by atoms with E-state index in [-0.39, 0.29) is 18.2 Å². The third-order valence-electron chi connectivity index (χ3n) is 6.41. The van der Waals surface area contributed by atoms with E-state index in [0.29, 0.717) is 35.3 Å². The number of nitrogens with one attached hydrogen (secondary N) is 1. The summed E-state index contributed by atoms with van der Waals surface area (Å²) >= 11 is 0. The van der Waals surface area contributed by atoms with Gasteiger partial charge in [-0.15, -0.1) is 0 Å². The van der Waals surface area contributed by atoms with Crippen molar-refractivity contribution in [3.63, 3.8) is 0 Å². The second kappa shape index (κ2) is 10.1. The molecule has 0 radical (unpaired) electrons. The summed E-state index contributed by atoms with van der Waals surface area (Å²) in [6.45, 7) is 1.22. The predicted molar refractivity (Wildman–Crippen MR) is 138 cm³/mol. The van der Waals surface area contributed by atoms with Gasteiger partial charge in [-0.2, -0.15) is 0 Å². The summed E-state index contributed by atoms with van der Waals surface area (Å²) in [4.78, 5) is 29.9. The standard InChI is InChI=1S/C27H29N7O3/c1-33(2)17-23(18-8-5-4-6-9-18)31-26-28-14-12-21(30-26)19-10-7-11-20(29-19)22-16-24(37-32-22)27(36)13-15-34(3)25(27)35/h4-12,14,16,23,36H,13,15,17H2,1-3H3,(H,28,30,31)/t23-,27+/m0/s1. The van der Waals surface area contributed by atoms with E-state index >= 15 is 0 Å². The zero-order chi connectivity index (χ0) is 26.0. The number of nitrogens with zero attached hydrogens (tertiary/aromatic N) is 6. The van der Waals surface area contributed by atoms with E-state index in [1.165, 1.54) is 4.90 Å². The number of aromatic nitrogens is 4. The maximum atomic E-state index is 12.4. The van der Waals surface area contributed by atoms with Crippen molar-refractivity contribution in [1.29, 1.82) is 0 Å². The fourth-order valence-corrected chi connectivity index (χ4v) is 4.40.